The van der Waals surface area contributed by atoms with Crippen LogP contribution in [0.25, 0.3) is 11.1 Å². The van der Waals surface area contributed by atoms with E-state index in [-0.39, 0.29) is 23.3 Å². The number of ether oxygens (including phenoxy) is 1. The number of nitrogens with zero attached hydrogens (tertiary/aromatic N) is 2. The fourth-order valence-corrected chi connectivity index (χ4v) is 6.52. The predicted molar refractivity (Wildman–Crippen MR) is 162 cm³/mol. The van der Waals surface area contributed by atoms with E-state index in [1.165, 1.54) is 56.3 Å². The van der Waals surface area contributed by atoms with E-state index in [2.05, 4.69) is 142 Å². The normalized spacial score (nSPS) is 19.4. The van der Waals surface area contributed by atoms with Gasteiger partial charge in [-0.3, -0.25) is 0 Å². The third-order valence-corrected chi connectivity index (χ3v) is 8.16. The fraction of sp³-hybridized carbons (Fsp3) is 0.314. The molecule has 2 unspecified atom stereocenters. The molecule has 4 aromatic rings. The van der Waals surface area contributed by atoms with E-state index in [9.17, 15) is 0 Å². The molecule has 1 fully saturated rings. The number of rotatable bonds is 1. The van der Waals surface area contributed by atoms with Gasteiger partial charge in [-0.05, 0) is 101 Å². The quantitative estimate of drug-likeness (QED) is 0.256. The van der Waals surface area contributed by atoms with Crippen molar-refractivity contribution in [3.8, 4) is 11.1 Å². The molecular weight excluding hydrogens is 478 g/mol. The average Bonchev–Trinajstić information content (AvgIpc) is 3.70. The Kier molecular flexibility index (Phi) is 5.21. The number of benzene rings is 4. The van der Waals surface area contributed by atoms with Crippen molar-refractivity contribution in [2.24, 2.45) is 0 Å². The molecule has 0 amide bonds. The molecule has 1 N–H and O–H groups in total. The highest BCUT2D eigenvalue weighted by atomic mass is 16.6. The first-order valence-corrected chi connectivity index (χ1v) is 14.1. The summed E-state index contributed by atoms with van der Waals surface area (Å²) < 4.78 is 6.31. The van der Waals surface area contributed by atoms with Crippen molar-refractivity contribution in [1.29, 1.82) is 0 Å². The summed E-state index contributed by atoms with van der Waals surface area (Å²) in [7, 11) is 0. The summed E-state index contributed by atoms with van der Waals surface area (Å²) in [5.41, 5.74) is 12.4. The number of fused-ring (bicyclic) bond motifs is 7. The van der Waals surface area contributed by atoms with Crippen LogP contribution >= 0.6 is 0 Å². The van der Waals surface area contributed by atoms with E-state index < -0.39 is 0 Å². The maximum Gasteiger partial charge on any atom is 0.116 e. The van der Waals surface area contributed by atoms with E-state index in [4.69, 9.17) is 4.74 Å². The van der Waals surface area contributed by atoms with E-state index in [1.807, 2.05) is 0 Å². The highest BCUT2D eigenvalue weighted by Gasteiger charge is 2.48. The number of epoxide rings is 1. The van der Waals surface area contributed by atoms with Gasteiger partial charge in [0.15, 0.2) is 0 Å². The Labute approximate surface area is 232 Å². The van der Waals surface area contributed by atoms with E-state index in [0.717, 1.165) is 6.54 Å². The molecule has 2 atom stereocenters. The van der Waals surface area contributed by atoms with Crippen LogP contribution in [0.2, 0.25) is 0 Å². The lowest BCUT2D eigenvalue weighted by atomic mass is 9.95. The van der Waals surface area contributed by atoms with Gasteiger partial charge in [-0.2, -0.15) is 0 Å². The molecule has 4 nitrogen and oxygen atoms in total. The third kappa shape index (κ3) is 3.92. The van der Waals surface area contributed by atoms with Crippen LogP contribution in [0.15, 0.2) is 84.9 Å². The number of para-hydroxylation sites is 3. The Morgan fingerprint density at radius 1 is 0.615 bits per heavy atom. The molecule has 0 aromatic heterocycles. The molecule has 4 heteroatoms. The molecule has 39 heavy (non-hydrogen) atoms. The van der Waals surface area contributed by atoms with Gasteiger partial charge in [0, 0.05) is 45.8 Å². The minimum atomic E-state index is -0.0652. The summed E-state index contributed by atoms with van der Waals surface area (Å²) in [6.07, 6.45) is 0.222. The second-order valence-electron chi connectivity index (χ2n) is 13.0. The van der Waals surface area contributed by atoms with Crippen molar-refractivity contribution in [2.45, 2.75) is 71.4 Å². The molecule has 0 saturated carbocycles. The van der Waals surface area contributed by atoms with Gasteiger partial charge in [-0.25, -0.2) is 0 Å². The third-order valence-electron chi connectivity index (χ3n) is 8.16. The van der Waals surface area contributed by atoms with Crippen LogP contribution in [-0.4, -0.2) is 11.1 Å². The molecule has 1 saturated heterocycles. The summed E-state index contributed by atoms with van der Waals surface area (Å²) in [4.78, 5) is 4.97. The number of hydrogen-bond donors (Lipinski definition) is 1. The summed E-state index contributed by atoms with van der Waals surface area (Å²) in [6, 6.07) is 31.3. The Bertz CT molecular complexity index is 1590. The van der Waals surface area contributed by atoms with E-state index in [0.29, 0.717) is 0 Å². The van der Waals surface area contributed by atoms with Gasteiger partial charge in [0.25, 0.3) is 0 Å². The van der Waals surface area contributed by atoms with Crippen molar-refractivity contribution >= 4 is 28.4 Å². The predicted octanol–water partition coefficient (Wildman–Crippen LogP) is 9.28. The van der Waals surface area contributed by atoms with Gasteiger partial charge in [-0.1, -0.05) is 42.5 Å². The Morgan fingerprint density at radius 3 is 1.92 bits per heavy atom. The van der Waals surface area contributed by atoms with Crippen LogP contribution in [-0.2, 0) is 11.3 Å². The zero-order valence-corrected chi connectivity index (χ0v) is 23.7. The smallest absolute Gasteiger partial charge is 0.116 e. The van der Waals surface area contributed by atoms with Gasteiger partial charge in [-0.15, -0.1) is 0 Å². The van der Waals surface area contributed by atoms with Gasteiger partial charge in [0.05, 0.1) is 11.4 Å². The molecule has 4 aromatic carbocycles. The zero-order chi connectivity index (χ0) is 27.1. The van der Waals surface area contributed by atoms with Crippen LogP contribution in [0, 0.1) is 0 Å². The van der Waals surface area contributed by atoms with Crippen molar-refractivity contribution in [2.75, 3.05) is 15.1 Å². The largest absolute Gasteiger partial charge is 0.379 e. The van der Waals surface area contributed by atoms with Crippen molar-refractivity contribution in [3.05, 3.63) is 102 Å². The van der Waals surface area contributed by atoms with Crippen LogP contribution in [0.5, 0.6) is 0 Å². The van der Waals surface area contributed by atoms with Crippen molar-refractivity contribution in [3.63, 3.8) is 0 Å². The van der Waals surface area contributed by atoms with Gasteiger partial charge in [0.2, 0.25) is 0 Å². The van der Waals surface area contributed by atoms with Crippen LogP contribution in [0.1, 0.15) is 70.4 Å². The molecule has 7 rings (SSSR count). The monoisotopic (exact) mass is 515 g/mol. The summed E-state index contributed by atoms with van der Waals surface area (Å²) in [6.45, 7) is 14.5. The molecule has 0 bridgehead atoms. The van der Waals surface area contributed by atoms with Crippen molar-refractivity contribution in [1.82, 2.24) is 0 Å². The maximum absolute atomic E-state index is 6.31. The van der Waals surface area contributed by atoms with Gasteiger partial charge >= 0.3 is 0 Å². The molecule has 3 heterocycles. The standard InChI is InChI=1S/C35H37N3O/c1-34(2,3)37-28-17-15-22(19-24(28)21-36-27-12-8-10-14-31(27)37)23-16-18-30-26(20-23)33-32(39-33)25-11-7-9-13-29(25)38(30)35(4,5)6/h7-20,32-33,36H,21H2,1-6H3. The second-order valence-corrected chi connectivity index (χ2v) is 13.0. The summed E-state index contributed by atoms with van der Waals surface area (Å²) >= 11 is 0. The lowest BCUT2D eigenvalue weighted by Crippen LogP contribution is -2.38. The van der Waals surface area contributed by atoms with E-state index in [1.54, 1.807) is 0 Å². The summed E-state index contributed by atoms with van der Waals surface area (Å²) in [5.74, 6) is 0. The van der Waals surface area contributed by atoms with Gasteiger partial charge in [0.1, 0.15) is 12.2 Å². The molecule has 0 aliphatic carbocycles. The number of nitrogens with one attached hydrogen (secondary N) is 1. The van der Waals surface area contributed by atoms with E-state index >= 15 is 0 Å². The van der Waals surface area contributed by atoms with Crippen molar-refractivity contribution < 1.29 is 4.74 Å². The first-order valence-electron chi connectivity index (χ1n) is 14.1. The second kappa shape index (κ2) is 8.37. The minimum Gasteiger partial charge on any atom is -0.379 e. The molecule has 3 aliphatic rings. The SMILES string of the molecule is CC(C)(C)N1c2ccc(-c3ccc4c(c3)C3OC3c3ccccc3N4C(C)(C)C)cc2CNc2ccccc21. The molecule has 3 aliphatic heterocycles. The van der Waals surface area contributed by atoms with Crippen LogP contribution in [0.4, 0.5) is 28.4 Å². The maximum atomic E-state index is 6.31. The zero-order valence-electron chi connectivity index (χ0n) is 23.7. The highest BCUT2D eigenvalue weighted by Crippen LogP contribution is 2.60. The molecule has 0 radical (unpaired) electrons. The molecule has 198 valence electrons. The van der Waals surface area contributed by atoms with Crippen LogP contribution in [0.3, 0.4) is 0 Å². The number of anilines is 5. The first-order chi connectivity index (χ1) is 18.6. The molecule has 0 spiro atoms. The highest BCUT2D eigenvalue weighted by molar-refractivity contribution is 5.84. The Balaban J connectivity index is 1.33. The lowest BCUT2D eigenvalue weighted by molar-refractivity contribution is 0.375. The Hall–Kier alpha value is -3.76. The minimum absolute atomic E-state index is 0.0633. The van der Waals surface area contributed by atoms with Crippen LogP contribution < -0.4 is 15.1 Å². The first kappa shape index (κ1) is 24.3. The topological polar surface area (TPSA) is 31.0 Å². The lowest BCUT2D eigenvalue weighted by Gasteiger charge is -2.39. The Morgan fingerprint density at radius 2 is 1.18 bits per heavy atom. The molecular formula is C35H37N3O. The fourth-order valence-electron chi connectivity index (χ4n) is 6.52. The van der Waals surface area contributed by atoms with Gasteiger partial charge < -0.3 is 19.9 Å². The summed E-state index contributed by atoms with van der Waals surface area (Å²) in [5, 5.41) is 3.70. The number of hydrogen-bond acceptors (Lipinski definition) is 4. The average molecular weight is 516 g/mol.